The van der Waals surface area contributed by atoms with Gasteiger partial charge in [0.05, 0.1) is 18.2 Å². The Morgan fingerprint density at radius 2 is 1.97 bits per heavy atom. The molecule has 9 heteroatoms. The second kappa shape index (κ2) is 7.85. The summed E-state index contributed by atoms with van der Waals surface area (Å²) in [4.78, 5) is 4.18. The number of halogens is 2. The van der Waals surface area contributed by atoms with E-state index in [0.29, 0.717) is 17.3 Å². The third kappa shape index (κ3) is 4.17. The molecular weight excluding hydrogens is 378 g/mol. The minimum atomic E-state index is -0.703. The Morgan fingerprint density at radius 1 is 1.21 bits per heavy atom. The van der Waals surface area contributed by atoms with Crippen molar-refractivity contribution >= 4 is 17.5 Å². The van der Waals surface area contributed by atoms with Crippen LogP contribution in [0.3, 0.4) is 0 Å². The van der Waals surface area contributed by atoms with Crippen LogP contribution in [-0.4, -0.2) is 26.9 Å². The molecule has 148 valence electrons. The highest BCUT2D eigenvalue weighted by Crippen LogP contribution is 2.39. The van der Waals surface area contributed by atoms with Crippen LogP contribution in [0, 0.1) is 23.0 Å². The molecule has 0 bridgehead atoms. The van der Waals surface area contributed by atoms with Gasteiger partial charge in [0.2, 0.25) is 0 Å². The van der Waals surface area contributed by atoms with E-state index in [2.05, 4.69) is 25.8 Å². The van der Waals surface area contributed by atoms with Crippen molar-refractivity contribution in [2.24, 2.45) is 0 Å². The maximum atomic E-state index is 14.4. The van der Waals surface area contributed by atoms with Crippen molar-refractivity contribution in [2.75, 3.05) is 17.2 Å². The zero-order valence-corrected chi connectivity index (χ0v) is 15.3. The first kappa shape index (κ1) is 18.8. The van der Waals surface area contributed by atoms with Crippen LogP contribution < -0.4 is 10.6 Å². The molecule has 1 saturated carbocycles. The van der Waals surface area contributed by atoms with Crippen molar-refractivity contribution in [3.8, 4) is 6.07 Å². The maximum absolute atomic E-state index is 14.4. The smallest absolute Gasteiger partial charge is 0.170 e. The molecule has 2 aromatic heterocycles. The third-order valence-corrected chi connectivity index (χ3v) is 4.72. The van der Waals surface area contributed by atoms with Gasteiger partial charge in [0.15, 0.2) is 17.5 Å². The molecule has 29 heavy (non-hydrogen) atoms. The summed E-state index contributed by atoms with van der Waals surface area (Å²) in [7, 11) is 0. The van der Waals surface area contributed by atoms with Gasteiger partial charge in [0.1, 0.15) is 17.7 Å². The monoisotopic (exact) mass is 396 g/mol. The lowest BCUT2D eigenvalue weighted by atomic mass is 10.1. The summed E-state index contributed by atoms with van der Waals surface area (Å²) in [5, 5.41) is 31.8. The fraction of sp³-hybridized carbons (Fsp3) is 0.250. The van der Waals surface area contributed by atoms with Gasteiger partial charge in [-0.2, -0.15) is 10.4 Å². The molecule has 7 nitrogen and oxygen atoms in total. The quantitative estimate of drug-likeness (QED) is 0.485. The van der Waals surface area contributed by atoms with Crippen LogP contribution in [0.4, 0.5) is 26.2 Å². The lowest BCUT2D eigenvalue weighted by Crippen LogP contribution is -2.17. The molecule has 0 amide bonds. The third-order valence-electron chi connectivity index (χ3n) is 4.72. The summed E-state index contributed by atoms with van der Waals surface area (Å²) in [6.07, 6.45) is 2.20. The molecule has 1 aromatic carbocycles. The van der Waals surface area contributed by atoms with E-state index in [-0.39, 0.29) is 23.8 Å². The first-order valence-corrected chi connectivity index (χ1v) is 9.13. The number of pyridine rings is 1. The van der Waals surface area contributed by atoms with Crippen molar-refractivity contribution in [1.82, 2.24) is 15.2 Å². The van der Waals surface area contributed by atoms with E-state index in [1.54, 1.807) is 6.07 Å². The number of benzene rings is 1. The fourth-order valence-corrected chi connectivity index (χ4v) is 2.99. The number of anilines is 3. The van der Waals surface area contributed by atoms with Crippen molar-refractivity contribution in [3.63, 3.8) is 0 Å². The summed E-state index contributed by atoms with van der Waals surface area (Å²) < 4.78 is 27.6. The van der Waals surface area contributed by atoms with E-state index in [1.165, 1.54) is 24.3 Å². The largest absolute Gasteiger partial charge is 0.394 e. The van der Waals surface area contributed by atoms with Gasteiger partial charge < -0.3 is 15.7 Å². The second-order valence-electron chi connectivity index (χ2n) is 6.87. The van der Waals surface area contributed by atoms with Crippen molar-refractivity contribution in [1.29, 1.82) is 5.26 Å². The number of rotatable bonds is 7. The summed E-state index contributed by atoms with van der Waals surface area (Å²) in [5.74, 6) is -0.223. The molecule has 1 atom stereocenters. The van der Waals surface area contributed by atoms with Gasteiger partial charge in [-0.05, 0) is 36.6 Å². The number of aliphatic hydroxyl groups is 1. The number of nitrogens with one attached hydrogen (secondary N) is 3. The summed E-state index contributed by atoms with van der Waals surface area (Å²) >= 11 is 0. The number of aliphatic hydroxyl groups excluding tert-OH is 1. The molecular formula is C20H18F2N6O. The zero-order valence-electron chi connectivity index (χ0n) is 15.3. The average Bonchev–Trinajstić information content (AvgIpc) is 3.48. The Labute approximate surface area is 165 Å². The van der Waals surface area contributed by atoms with Gasteiger partial charge in [-0.25, -0.2) is 13.8 Å². The lowest BCUT2D eigenvalue weighted by molar-refractivity contribution is 0.276. The van der Waals surface area contributed by atoms with Crippen molar-refractivity contribution in [2.45, 2.75) is 24.8 Å². The number of hydrogen-bond acceptors (Lipinski definition) is 6. The highest BCUT2D eigenvalue weighted by atomic mass is 19.1. The number of hydrogen-bond donors (Lipinski definition) is 4. The Hall–Kier alpha value is -3.51. The molecule has 0 radical (unpaired) electrons. The van der Waals surface area contributed by atoms with E-state index >= 15 is 0 Å². The predicted octanol–water partition coefficient (Wildman–Crippen LogP) is 3.72. The van der Waals surface area contributed by atoms with E-state index < -0.39 is 17.7 Å². The molecule has 1 aliphatic carbocycles. The van der Waals surface area contributed by atoms with Crippen LogP contribution in [0.15, 0.2) is 36.4 Å². The van der Waals surface area contributed by atoms with Gasteiger partial charge in [-0.3, -0.25) is 5.10 Å². The Bertz CT molecular complexity index is 1060. The molecule has 4 N–H and O–H groups in total. The first-order chi connectivity index (χ1) is 14.1. The Kier molecular flexibility index (Phi) is 5.10. The fourth-order valence-electron chi connectivity index (χ4n) is 2.99. The molecule has 0 saturated heterocycles. The van der Waals surface area contributed by atoms with Gasteiger partial charge >= 0.3 is 0 Å². The molecule has 2 heterocycles. The topological polar surface area (TPSA) is 110 Å². The van der Waals surface area contributed by atoms with Gasteiger partial charge in [-0.15, -0.1) is 0 Å². The van der Waals surface area contributed by atoms with E-state index in [9.17, 15) is 19.1 Å². The van der Waals surface area contributed by atoms with Crippen LogP contribution in [-0.2, 0) is 0 Å². The molecule has 1 unspecified atom stereocenters. The highest BCUT2D eigenvalue weighted by Gasteiger charge is 2.26. The average molecular weight is 396 g/mol. The Morgan fingerprint density at radius 3 is 2.62 bits per heavy atom. The Balaban J connectivity index is 1.60. The van der Waals surface area contributed by atoms with Crippen molar-refractivity contribution < 1.29 is 13.9 Å². The summed E-state index contributed by atoms with van der Waals surface area (Å²) in [5.41, 5.74) is 1.56. The molecule has 0 spiro atoms. The zero-order chi connectivity index (χ0) is 20.4. The van der Waals surface area contributed by atoms with Crippen LogP contribution in [0.2, 0.25) is 0 Å². The van der Waals surface area contributed by atoms with Gasteiger partial charge in [-0.1, -0.05) is 12.1 Å². The van der Waals surface area contributed by atoms with E-state index in [0.717, 1.165) is 24.6 Å². The molecule has 4 rings (SSSR count). The number of H-pyrrole nitrogens is 1. The first-order valence-electron chi connectivity index (χ1n) is 9.13. The molecule has 1 fully saturated rings. The molecule has 1 aliphatic rings. The number of aromatic nitrogens is 3. The summed E-state index contributed by atoms with van der Waals surface area (Å²) in [6, 6.07) is 9.67. The predicted molar refractivity (Wildman–Crippen MR) is 103 cm³/mol. The van der Waals surface area contributed by atoms with Gasteiger partial charge in [0.25, 0.3) is 0 Å². The highest BCUT2D eigenvalue weighted by molar-refractivity contribution is 5.62. The number of aromatic amines is 1. The SMILES string of the molecule is N#Cc1cc(F)c(Nc2cc(C3CC3)[nH]n2)nc1NC(CO)c1ccc(F)cc1. The number of nitrogens with zero attached hydrogens (tertiary/aromatic N) is 3. The van der Waals surface area contributed by atoms with Gasteiger partial charge in [0, 0.05) is 17.7 Å². The number of nitriles is 1. The minimum Gasteiger partial charge on any atom is -0.394 e. The van der Waals surface area contributed by atoms with Crippen LogP contribution in [0.5, 0.6) is 0 Å². The van der Waals surface area contributed by atoms with Crippen LogP contribution in [0.25, 0.3) is 0 Å². The normalized spacial score (nSPS) is 14.3. The summed E-state index contributed by atoms with van der Waals surface area (Å²) in [6.45, 7) is -0.331. The maximum Gasteiger partial charge on any atom is 0.170 e. The van der Waals surface area contributed by atoms with Crippen LogP contribution >= 0.6 is 0 Å². The standard InChI is InChI=1S/C20H18F2N6O/c21-14-5-3-12(4-6-14)17(10-29)24-19-13(9-23)7-15(22)20(26-19)25-18-8-16(27-28-18)11-1-2-11/h3-8,11,17,29H,1-2,10H2,(H3,24,25,26,27,28). The van der Waals surface area contributed by atoms with E-state index in [4.69, 9.17) is 0 Å². The molecule has 3 aromatic rings. The van der Waals surface area contributed by atoms with E-state index in [1.807, 2.05) is 6.07 Å². The van der Waals surface area contributed by atoms with Crippen molar-refractivity contribution in [3.05, 3.63) is 64.9 Å². The molecule has 0 aliphatic heterocycles. The lowest BCUT2D eigenvalue weighted by Gasteiger charge is -2.19. The minimum absolute atomic E-state index is 0.0192. The second-order valence-corrected chi connectivity index (χ2v) is 6.87. The van der Waals surface area contributed by atoms with Crippen LogP contribution in [0.1, 0.15) is 41.6 Å².